The molecule has 0 aromatic heterocycles. The summed E-state index contributed by atoms with van der Waals surface area (Å²) in [5, 5.41) is 0. The number of ether oxygens (including phenoxy) is 3. The molecular formula is C73H122O6. The van der Waals surface area contributed by atoms with Crippen molar-refractivity contribution < 1.29 is 28.6 Å². The molecule has 1 unspecified atom stereocenters. The number of carbonyl (C=O) groups is 3. The largest absolute Gasteiger partial charge is 0.462 e. The topological polar surface area (TPSA) is 78.9 Å². The first-order chi connectivity index (χ1) is 39.0. The summed E-state index contributed by atoms with van der Waals surface area (Å²) in [4.78, 5) is 38.3. The molecule has 0 aliphatic rings. The van der Waals surface area contributed by atoms with Gasteiger partial charge in [-0.25, -0.2) is 0 Å². The second kappa shape index (κ2) is 66.3. The van der Waals surface area contributed by atoms with Crippen molar-refractivity contribution in [2.75, 3.05) is 13.2 Å². The third-order valence-electron chi connectivity index (χ3n) is 13.9. The van der Waals surface area contributed by atoms with E-state index in [1.807, 2.05) is 0 Å². The van der Waals surface area contributed by atoms with Gasteiger partial charge in [-0.05, 0) is 128 Å². The van der Waals surface area contributed by atoms with E-state index < -0.39 is 6.10 Å². The maximum absolute atomic E-state index is 12.9. The first kappa shape index (κ1) is 74.8. The number of unbranched alkanes of at least 4 members (excludes halogenated alkanes) is 28. The number of hydrogen-bond acceptors (Lipinski definition) is 6. The summed E-state index contributed by atoms with van der Waals surface area (Å²) in [5.74, 6) is -0.906. The van der Waals surface area contributed by atoms with E-state index in [0.717, 1.165) is 141 Å². The van der Waals surface area contributed by atoms with Gasteiger partial charge in [-0.1, -0.05) is 277 Å². The maximum Gasteiger partial charge on any atom is 0.306 e. The molecule has 0 spiro atoms. The molecule has 0 saturated heterocycles. The molecule has 0 radical (unpaired) electrons. The van der Waals surface area contributed by atoms with Crippen molar-refractivity contribution >= 4 is 17.9 Å². The van der Waals surface area contributed by atoms with E-state index in [1.54, 1.807) is 0 Å². The predicted octanol–water partition coefficient (Wildman–Crippen LogP) is 22.8. The smallest absolute Gasteiger partial charge is 0.306 e. The minimum atomic E-state index is -0.792. The molecule has 0 heterocycles. The Morgan fingerprint density at radius 3 is 0.823 bits per heavy atom. The standard InChI is InChI=1S/C73H122O6/c1-4-7-10-13-16-19-22-25-27-29-30-31-32-33-34-35-36-37-38-39-40-41-42-44-45-48-51-54-57-60-63-66-72(75)78-69-70(68-77-71(74)65-62-59-56-53-50-47-24-21-18-15-12-9-6-3)79-73(76)67-64-61-58-55-52-49-46-43-28-26-23-20-17-14-11-8-5-2/h7,10,12,15-17,19-21,24-28,30-31,33-34,36-37,70H,4-6,8-9,11,13-14,18,22-23,29,32,35,38-69H2,1-3H3/b10-7-,15-12-,19-16-,20-17-,24-21-,27-25-,28-26-,31-30-,34-33-,37-36-. The first-order valence-corrected chi connectivity index (χ1v) is 33.0. The van der Waals surface area contributed by atoms with Gasteiger partial charge >= 0.3 is 17.9 Å². The number of hydrogen-bond donors (Lipinski definition) is 0. The van der Waals surface area contributed by atoms with E-state index in [2.05, 4.69) is 142 Å². The second-order valence-electron chi connectivity index (χ2n) is 21.6. The van der Waals surface area contributed by atoms with Crippen LogP contribution in [0, 0.1) is 0 Å². The Morgan fingerprint density at radius 2 is 0.519 bits per heavy atom. The summed E-state index contributed by atoms with van der Waals surface area (Å²) in [6.07, 6.45) is 92.1. The van der Waals surface area contributed by atoms with Gasteiger partial charge in [-0.2, -0.15) is 0 Å². The number of carbonyl (C=O) groups excluding carboxylic acids is 3. The van der Waals surface area contributed by atoms with Crippen molar-refractivity contribution in [2.45, 2.75) is 309 Å². The summed E-state index contributed by atoms with van der Waals surface area (Å²) in [6, 6.07) is 0. The maximum atomic E-state index is 12.9. The van der Waals surface area contributed by atoms with Crippen molar-refractivity contribution in [3.8, 4) is 0 Å². The minimum absolute atomic E-state index is 0.0876. The molecule has 79 heavy (non-hydrogen) atoms. The molecule has 0 saturated carbocycles. The lowest BCUT2D eigenvalue weighted by atomic mass is 10.0. The highest BCUT2D eigenvalue weighted by Crippen LogP contribution is 2.16. The highest BCUT2D eigenvalue weighted by Gasteiger charge is 2.19. The summed E-state index contributed by atoms with van der Waals surface area (Å²) in [7, 11) is 0. The van der Waals surface area contributed by atoms with Gasteiger partial charge in [0.05, 0.1) is 0 Å². The van der Waals surface area contributed by atoms with Crippen LogP contribution in [0.25, 0.3) is 0 Å². The highest BCUT2D eigenvalue weighted by atomic mass is 16.6. The quantitative estimate of drug-likeness (QED) is 0.0261. The second-order valence-corrected chi connectivity index (χ2v) is 21.6. The average molecular weight is 1100 g/mol. The first-order valence-electron chi connectivity index (χ1n) is 33.0. The molecule has 450 valence electrons. The predicted molar refractivity (Wildman–Crippen MR) is 343 cm³/mol. The van der Waals surface area contributed by atoms with Crippen molar-refractivity contribution in [1.29, 1.82) is 0 Å². The van der Waals surface area contributed by atoms with E-state index in [9.17, 15) is 14.4 Å². The molecular weight excluding hydrogens is 973 g/mol. The Kier molecular flexibility index (Phi) is 62.8. The van der Waals surface area contributed by atoms with Crippen LogP contribution in [0.2, 0.25) is 0 Å². The van der Waals surface area contributed by atoms with Gasteiger partial charge in [0, 0.05) is 19.3 Å². The molecule has 0 N–H and O–H groups in total. The fraction of sp³-hybridized carbons (Fsp3) is 0.685. The van der Waals surface area contributed by atoms with E-state index in [0.29, 0.717) is 19.3 Å². The van der Waals surface area contributed by atoms with Gasteiger partial charge < -0.3 is 14.2 Å². The van der Waals surface area contributed by atoms with Crippen molar-refractivity contribution in [3.05, 3.63) is 122 Å². The normalized spacial score (nSPS) is 12.9. The molecule has 0 aromatic carbocycles. The highest BCUT2D eigenvalue weighted by molar-refractivity contribution is 5.71. The number of allylic oxidation sites excluding steroid dienone is 20. The fourth-order valence-electron chi connectivity index (χ4n) is 8.99. The Bertz CT molecular complexity index is 1640. The number of rotatable bonds is 59. The minimum Gasteiger partial charge on any atom is -0.462 e. The molecule has 6 nitrogen and oxygen atoms in total. The Labute approximate surface area is 488 Å². The summed E-state index contributed by atoms with van der Waals surface area (Å²) < 4.78 is 16.9. The molecule has 0 amide bonds. The molecule has 0 aliphatic carbocycles. The molecule has 1 atom stereocenters. The zero-order valence-corrected chi connectivity index (χ0v) is 51.6. The third-order valence-corrected chi connectivity index (χ3v) is 13.9. The van der Waals surface area contributed by atoms with Gasteiger partial charge in [0.15, 0.2) is 6.10 Å². The van der Waals surface area contributed by atoms with Crippen LogP contribution >= 0.6 is 0 Å². The zero-order valence-electron chi connectivity index (χ0n) is 51.6. The van der Waals surface area contributed by atoms with Crippen LogP contribution in [-0.4, -0.2) is 37.2 Å². The van der Waals surface area contributed by atoms with Crippen LogP contribution in [0.1, 0.15) is 303 Å². The molecule has 0 aromatic rings. The van der Waals surface area contributed by atoms with Gasteiger partial charge in [0.1, 0.15) is 13.2 Å². The van der Waals surface area contributed by atoms with E-state index >= 15 is 0 Å². The fourth-order valence-corrected chi connectivity index (χ4v) is 8.99. The van der Waals surface area contributed by atoms with Crippen molar-refractivity contribution in [3.63, 3.8) is 0 Å². The lowest BCUT2D eigenvalue weighted by molar-refractivity contribution is -0.167. The number of esters is 3. The lowest BCUT2D eigenvalue weighted by Gasteiger charge is -2.18. The van der Waals surface area contributed by atoms with E-state index in [-0.39, 0.29) is 31.1 Å². The van der Waals surface area contributed by atoms with Crippen LogP contribution in [-0.2, 0) is 28.6 Å². The van der Waals surface area contributed by atoms with Gasteiger partial charge in [-0.15, -0.1) is 0 Å². The Morgan fingerprint density at radius 1 is 0.266 bits per heavy atom. The van der Waals surface area contributed by atoms with Crippen LogP contribution < -0.4 is 0 Å². The Balaban J connectivity index is 4.27. The summed E-state index contributed by atoms with van der Waals surface area (Å²) in [5.41, 5.74) is 0. The van der Waals surface area contributed by atoms with Crippen LogP contribution in [0.5, 0.6) is 0 Å². The Hall–Kier alpha value is -4.19. The van der Waals surface area contributed by atoms with E-state index in [1.165, 1.54) is 122 Å². The van der Waals surface area contributed by atoms with Crippen LogP contribution in [0.15, 0.2) is 122 Å². The molecule has 0 aliphatic heterocycles. The van der Waals surface area contributed by atoms with Crippen LogP contribution in [0.3, 0.4) is 0 Å². The molecule has 0 fully saturated rings. The SMILES string of the molecule is CC/C=C\C/C=C\C/C=C\C/C=C\C/C=C\C/C=C\CCCCCCCCCCCCCCC(=O)OCC(COC(=O)CCCCCCC/C=C\C/C=C\CCC)OC(=O)CCCCCCCCC/C=C\C/C=C\CCCCC. The van der Waals surface area contributed by atoms with Crippen molar-refractivity contribution in [1.82, 2.24) is 0 Å². The van der Waals surface area contributed by atoms with Crippen LogP contribution in [0.4, 0.5) is 0 Å². The molecule has 6 heteroatoms. The van der Waals surface area contributed by atoms with Gasteiger partial charge in [-0.3, -0.25) is 14.4 Å². The van der Waals surface area contributed by atoms with E-state index in [4.69, 9.17) is 14.2 Å². The third kappa shape index (κ3) is 64.5. The van der Waals surface area contributed by atoms with Gasteiger partial charge in [0.25, 0.3) is 0 Å². The molecule has 0 bridgehead atoms. The molecule has 0 rings (SSSR count). The van der Waals surface area contributed by atoms with Crippen molar-refractivity contribution in [2.24, 2.45) is 0 Å². The van der Waals surface area contributed by atoms with Gasteiger partial charge in [0.2, 0.25) is 0 Å². The lowest BCUT2D eigenvalue weighted by Crippen LogP contribution is -2.30. The monoisotopic (exact) mass is 1090 g/mol. The zero-order chi connectivity index (χ0) is 57.1. The summed E-state index contributed by atoms with van der Waals surface area (Å²) >= 11 is 0. The average Bonchev–Trinajstić information content (AvgIpc) is 3.45. The summed E-state index contributed by atoms with van der Waals surface area (Å²) in [6.45, 7) is 6.43.